The normalized spacial score (nSPS) is 22.9. The Kier molecular flexibility index (Phi) is 7.33. The van der Waals surface area contributed by atoms with E-state index in [0.717, 1.165) is 44.6 Å². The van der Waals surface area contributed by atoms with E-state index in [-0.39, 0.29) is 29.6 Å². The van der Waals surface area contributed by atoms with E-state index in [0.29, 0.717) is 18.5 Å². The van der Waals surface area contributed by atoms with Crippen LogP contribution < -0.4 is 5.32 Å². The predicted molar refractivity (Wildman–Crippen MR) is 143 cm³/mol. The Morgan fingerprint density at radius 2 is 1.57 bits per heavy atom. The molecule has 37 heavy (non-hydrogen) atoms. The van der Waals surface area contributed by atoms with Crippen LogP contribution in [-0.4, -0.2) is 77.7 Å². The van der Waals surface area contributed by atoms with Crippen LogP contribution in [0.15, 0.2) is 48.5 Å². The highest BCUT2D eigenvalue weighted by atomic mass is 16.2. The lowest BCUT2D eigenvalue weighted by Gasteiger charge is -2.41. The minimum Gasteiger partial charge on any atom is -0.342 e. The quantitative estimate of drug-likeness (QED) is 0.659. The second-order valence-electron chi connectivity index (χ2n) is 11.3. The summed E-state index contributed by atoms with van der Waals surface area (Å²) in [4.78, 5) is 46.0. The Morgan fingerprint density at radius 1 is 0.946 bits per heavy atom. The number of amides is 3. The van der Waals surface area contributed by atoms with Crippen molar-refractivity contribution in [3.63, 3.8) is 0 Å². The van der Waals surface area contributed by atoms with Crippen molar-refractivity contribution in [2.75, 3.05) is 33.2 Å². The molecule has 0 radical (unpaired) electrons. The van der Waals surface area contributed by atoms with Crippen LogP contribution in [0.5, 0.6) is 0 Å². The molecule has 2 aromatic rings. The van der Waals surface area contributed by atoms with Gasteiger partial charge in [0, 0.05) is 38.3 Å². The number of fused-ring (bicyclic) bond motifs is 1. The van der Waals surface area contributed by atoms with Gasteiger partial charge in [-0.05, 0) is 67.0 Å². The highest BCUT2D eigenvalue weighted by Gasteiger charge is 2.45. The van der Waals surface area contributed by atoms with Gasteiger partial charge in [-0.3, -0.25) is 14.4 Å². The molecule has 2 saturated heterocycles. The Balaban J connectivity index is 1.32. The molecule has 2 aliphatic heterocycles. The molecule has 0 spiro atoms. The van der Waals surface area contributed by atoms with Gasteiger partial charge < -0.3 is 20.0 Å². The molecule has 196 valence electrons. The molecule has 7 heteroatoms. The maximum absolute atomic E-state index is 13.9. The largest absolute Gasteiger partial charge is 0.342 e. The highest BCUT2D eigenvalue weighted by molar-refractivity contribution is 5.97. The van der Waals surface area contributed by atoms with Crippen LogP contribution in [-0.2, 0) is 29.0 Å². The van der Waals surface area contributed by atoms with Crippen molar-refractivity contribution in [3.8, 4) is 0 Å². The fourth-order valence-electron chi connectivity index (χ4n) is 5.94. The summed E-state index contributed by atoms with van der Waals surface area (Å²) in [6, 6.07) is 14.9. The average Bonchev–Trinajstić information content (AvgIpc) is 3.32. The van der Waals surface area contributed by atoms with Gasteiger partial charge in [-0.25, -0.2) is 0 Å². The number of hydrogen-bond acceptors (Lipinski definition) is 4. The summed E-state index contributed by atoms with van der Waals surface area (Å²) in [5.41, 5.74) is 4.13. The Hall–Kier alpha value is -3.19. The second kappa shape index (κ2) is 10.7. The molecule has 5 rings (SSSR count). The minimum absolute atomic E-state index is 0.000598. The summed E-state index contributed by atoms with van der Waals surface area (Å²) in [5, 5.41) is 3.09. The van der Waals surface area contributed by atoms with Crippen molar-refractivity contribution in [2.45, 2.75) is 51.7 Å². The molecule has 2 atom stereocenters. The summed E-state index contributed by atoms with van der Waals surface area (Å²) in [5.74, 6) is 0.338. The predicted octanol–water partition coefficient (Wildman–Crippen LogP) is 2.73. The first-order valence-corrected chi connectivity index (χ1v) is 13.5. The van der Waals surface area contributed by atoms with Gasteiger partial charge in [0.2, 0.25) is 11.8 Å². The molecule has 1 N–H and O–H groups in total. The molecule has 0 bridgehead atoms. The van der Waals surface area contributed by atoms with Crippen molar-refractivity contribution < 1.29 is 14.4 Å². The number of carbonyl (C=O) groups is 3. The van der Waals surface area contributed by atoms with Gasteiger partial charge in [0.1, 0.15) is 12.1 Å². The number of carbonyl (C=O) groups excluding carboxylic acids is 3. The zero-order valence-corrected chi connectivity index (χ0v) is 22.2. The number of nitrogens with one attached hydrogen (secondary N) is 1. The van der Waals surface area contributed by atoms with Crippen LogP contribution in [0.4, 0.5) is 0 Å². The van der Waals surface area contributed by atoms with Gasteiger partial charge in [-0.1, -0.05) is 50.2 Å². The first kappa shape index (κ1) is 25.5. The van der Waals surface area contributed by atoms with E-state index in [9.17, 15) is 14.4 Å². The number of rotatable bonds is 6. The van der Waals surface area contributed by atoms with Crippen LogP contribution in [0, 0.1) is 11.8 Å². The number of likely N-dealkylation sites (N-methyl/N-ethyl adjacent to an activating group) is 1. The topological polar surface area (TPSA) is 73.0 Å². The average molecular weight is 503 g/mol. The zero-order valence-electron chi connectivity index (χ0n) is 22.2. The van der Waals surface area contributed by atoms with Gasteiger partial charge in [-0.15, -0.1) is 0 Å². The monoisotopic (exact) mass is 502 g/mol. The number of nitrogens with zero attached hydrogens (tertiary/aromatic N) is 3. The van der Waals surface area contributed by atoms with E-state index in [1.807, 2.05) is 41.3 Å². The van der Waals surface area contributed by atoms with Gasteiger partial charge in [0.05, 0.1) is 0 Å². The Labute approximate surface area is 219 Å². The van der Waals surface area contributed by atoms with Crippen molar-refractivity contribution in [1.29, 1.82) is 0 Å². The van der Waals surface area contributed by atoms with Crippen LogP contribution in [0.1, 0.15) is 47.3 Å². The summed E-state index contributed by atoms with van der Waals surface area (Å²) in [6.07, 6.45) is 2.23. The van der Waals surface area contributed by atoms with Crippen LogP contribution in [0.3, 0.4) is 0 Å². The summed E-state index contributed by atoms with van der Waals surface area (Å²) >= 11 is 0. The number of hydrogen-bond donors (Lipinski definition) is 1. The smallest absolute Gasteiger partial charge is 0.253 e. The van der Waals surface area contributed by atoms with E-state index in [4.69, 9.17) is 0 Å². The minimum atomic E-state index is -0.513. The number of piperazine rings is 2. The summed E-state index contributed by atoms with van der Waals surface area (Å²) < 4.78 is 0. The molecule has 0 saturated carbocycles. The van der Waals surface area contributed by atoms with Crippen molar-refractivity contribution in [1.82, 2.24) is 20.0 Å². The fraction of sp³-hybridized carbons (Fsp3) is 0.500. The third kappa shape index (κ3) is 5.42. The van der Waals surface area contributed by atoms with Gasteiger partial charge in [-0.2, -0.15) is 0 Å². The first-order chi connectivity index (χ1) is 17.8. The molecular weight excluding hydrogens is 464 g/mol. The lowest BCUT2D eigenvalue weighted by Crippen LogP contribution is -2.65. The summed E-state index contributed by atoms with van der Waals surface area (Å²) in [7, 11) is 2.07. The molecule has 2 fully saturated rings. The van der Waals surface area contributed by atoms with E-state index in [1.54, 1.807) is 4.90 Å². The fourth-order valence-corrected chi connectivity index (χ4v) is 5.94. The Morgan fingerprint density at radius 3 is 2.16 bits per heavy atom. The maximum Gasteiger partial charge on any atom is 0.253 e. The molecular formula is C30H38N4O3. The van der Waals surface area contributed by atoms with Crippen LogP contribution >= 0.6 is 0 Å². The van der Waals surface area contributed by atoms with E-state index < -0.39 is 12.1 Å². The SMILES string of the molecule is CC(C)C[C@@H]1C(=O)N[C@H](C2Cc3ccccc3C2)C(=O)N1Cc1ccc(C(=O)N2CCN(C)CC2)cc1. The molecule has 0 aromatic heterocycles. The molecule has 1 aliphatic carbocycles. The first-order valence-electron chi connectivity index (χ1n) is 13.5. The highest BCUT2D eigenvalue weighted by Crippen LogP contribution is 2.32. The second-order valence-corrected chi connectivity index (χ2v) is 11.3. The summed E-state index contributed by atoms with van der Waals surface area (Å²) in [6.45, 7) is 7.75. The standard InChI is InChI=1S/C30H38N4O3/c1-20(2)16-26-28(35)31-27(25-17-23-6-4-5-7-24(23)18-25)30(37)34(26)19-21-8-10-22(11-9-21)29(36)33-14-12-32(3)13-15-33/h4-11,20,25-27H,12-19H2,1-3H3,(H,31,35)/t26-,27-/m1/s1. The molecule has 3 amide bonds. The van der Waals surface area contributed by atoms with Crippen molar-refractivity contribution >= 4 is 17.7 Å². The molecule has 2 aromatic carbocycles. The van der Waals surface area contributed by atoms with E-state index >= 15 is 0 Å². The Bertz CT molecular complexity index is 1130. The van der Waals surface area contributed by atoms with Crippen molar-refractivity contribution in [3.05, 3.63) is 70.8 Å². The van der Waals surface area contributed by atoms with E-state index in [1.165, 1.54) is 11.1 Å². The molecule has 3 aliphatic rings. The number of benzene rings is 2. The lowest BCUT2D eigenvalue weighted by atomic mass is 9.90. The van der Waals surface area contributed by atoms with Gasteiger partial charge in [0.15, 0.2) is 0 Å². The van der Waals surface area contributed by atoms with Crippen molar-refractivity contribution in [2.24, 2.45) is 11.8 Å². The third-order valence-electron chi connectivity index (χ3n) is 8.12. The zero-order chi connectivity index (χ0) is 26.1. The lowest BCUT2D eigenvalue weighted by molar-refractivity contribution is -0.152. The third-order valence-corrected chi connectivity index (χ3v) is 8.12. The molecule has 0 unspecified atom stereocenters. The van der Waals surface area contributed by atoms with Crippen LogP contribution in [0.2, 0.25) is 0 Å². The molecule has 7 nitrogen and oxygen atoms in total. The maximum atomic E-state index is 13.9. The molecule has 2 heterocycles. The van der Waals surface area contributed by atoms with Gasteiger partial charge in [0.25, 0.3) is 5.91 Å². The van der Waals surface area contributed by atoms with Gasteiger partial charge >= 0.3 is 0 Å². The van der Waals surface area contributed by atoms with E-state index in [2.05, 4.69) is 43.2 Å². The van der Waals surface area contributed by atoms with Crippen LogP contribution in [0.25, 0.3) is 0 Å².